The average Bonchev–Trinajstić information content (AvgIpc) is 3.22. The molecule has 0 bridgehead atoms. The van der Waals surface area contributed by atoms with Gasteiger partial charge in [-0.3, -0.25) is 4.79 Å². The number of carbonyl (C=O) groups is 1. The van der Waals surface area contributed by atoms with Crippen LogP contribution in [0.1, 0.15) is 41.4 Å². The lowest BCUT2D eigenvalue weighted by atomic mass is 10.1. The Kier molecular flexibility index (Phi) is 5.57. The van der Waals surface area contributed by atoms with E-state index >= 15 is 0 Å². The number of likely N-dealkylation sites (tertiary alicyclic amines) is 1. The van der Waals surface area contributed by atoms with E-state index in [4.69, 9.17) is 9.72 Å². The summed E-state index contributed by atoms with van der Waals surface area (Å²) in [6.07, 6.45) is 5.12. The van der Waals surface area contributed by atoms with Crippen molar-refractivity contribution in [3.05, 3.63) is 53.1 Å². The van der Waals surface area contributed by atoms with E-state index in [1.807, 2.05) is 35.4 Å². The molecule has 6 heteroatoms. The third kappa shape index (κ3) is 4.02. The number of likely N-dealkylation sites (N-methyl/N-ethyl adjacent to an activating group) is 1. The van der Waals surface area contributed by atoms with Crippen molar-refractivity contribution in [3.8, 4) is 5.75 Å². The number of carbonyl (C=O) groups excluding carboxylic acids is 1. The molecule has 6 nitrogen and oxygen atoms in total. The third-order valence-corrected chi connectivity index (χ3v) is 5.85. The maximum Gasteiger partial charge on any atom is 0.222 e. The van der Waals surface area contributed by atoms with Crippen LogP contribution in [0, 0.1) is 0 Å². The second kappa shape index (κ2) is 8.27. The van der Waals surface area contributed by atoms with E-state index in [0.29, 0.717) is 12.8 Å². The van der Waals surface area contributed by atoms with E-state index in [0.717, 1.165) is 56.2 Å². The van der Waals surface area contributed by atoms with Gasteiger partial charge < -0.3 is 14.5 Å². The maximum absolute atomic E-state index is 12.7. The smallest absolute Gasteiger partial charge is 0.222 e. The zero-order chi connectivity index (χ0) is 19.5. The van der Waals surface area contributed by atoms with Crippen LogP contribution in [0.15, 0.2) is 30.5 Å². The predicted molar refractivity (Wildman–Crippen MR) is 107 cm³/mol. The SMILES string of the molecule is COc1ccccc1CCC(=O)N1CC[C@H](c2ncc3c(n2)CCN(C)C3)C1. The number of ether oxygens (including phenoxy) is 1. The molecule has 1 aromatic heterocycles. The molecule has 0 aliphatic carbocycles. The molecular weight excluding hydrogens is 352 g/mol. The first-order valence-electron chi connectivity index (χ1n) is 10.1. The predicted octanol–water partition coefficient (Wildman–Crippen LogP) is 2.42. The number of aryl methyl sites for hydroxylation is 1. The fourth-order valence-electron chi connectivity index (χ4n) is 4.18. The molecule has 3 heterocycles. The monoisotopic (exact) mass is 380 g/mol. The van der Waals surface area contributed by atoms with Gasteiger partial charge >= 0.3 is 0 Å². The standard InChI is InChI=1S/C22H28N4O2/c1-25-11-10-19-18(14-25)13-23-22(24-19)17-9-12-26(15-17)21(27)8-7-16-5-3-4-6-20(16)28-2/h3-6,13,17H,7-12,14-15H2,1-2H3/t17-/m0/s1. The summed E-state index contributed by atoms with van der Waals surface area (Å²) in [6.45, 7) is 3.48. The summed E-state index contributed by atoms with van der Waals surface area (Å²) in [5.74, 6) is 2.21. The number of amides is 1. The fourth-order valence-corrected chi connectivity index (χ4v) is 4.18. The first kappa shape index (κ1) is 18.9. The van der Waals surface area contributed by atoms with Crippen molar-refractivity contribution in [2.24, 2.45) is 0 Å². The molecule has 28 heavy (non-hydrogen) atoms. The van der Waals surface area contributed by atoms with Crippen LogP contribution in [0.25, 0.3) is 0 Å². The Morgan fingerprint density at radius 1 is 1.29 bits per heavy atom. The van der Waals surface area contributed by atoms with Gasteiger partial charge in [-0.25, -0.2) is 9.97 Å². The highest BCUT2D eigenvalue weighted by Crippen LogP contribution is 2.27. The van der Waals surface area contributed by atoms with Crippen LogP contribution < -0.4 is 4.74 Å². The lowest BCUT2D eigenvalue weighted by Gasteiger charge is -2.24. The van der Waals surface area contributed by atoms with E-state index < -0.39 is 0 Å². The number of hydrogen-bond donors (Lipinski definition) is 0. The van der Waals surface area contributed by atoms with Crippen molar-refractivity contribution in [3.63, 3.8) is 0 Å². The van der Waals surface area contributed by atoms with Crippen LogP contribution in [-0.2, 0) is 24.2 Å². The molecule has 1 fully saturated rings. The largest absolute Gasteiger partial charge is 0.496 e. The minimum Gasteiger partial charge on any atom is -0.496 e. The molecule has 0 unspecified atom stereocenters. The molecule has 0 saturated carbocycles. The lowest BCUT2D eigenvalue weighted by molar-refractivity contribution is -0.130. The quantitative estimate of drug-likeness (QED) is 0.797. The summed E-state index contributed by atoms with van der Waals surface area (Å²) in [5.41, 5.74) is 3.50. The van der Waals surface area contributed by atoms with Crippen LogP contribution in [0.4, 0.5) is 0 Å². The summed E-state index contributed by atoms with van der Waals surface area (Å²) in [5, 5.41) is 0. The summed E-state index contributed by atoms with van der Waals surface area (Å²) in [7, 11) is 3.80. The molecule has 2 aliphatic heterocycles. The Bertz CT molecular complexity index is 854. The highest BCUT2D eigenvalue weighted by molar-refractivity contribution is 5.77. The summed E-state index contributed by atoms with van der Waals surface area (Å²) < 4.78 is 5.39. The molecule has 1 atom stereocenters. The van der Waals surface area contributed by atoms with E-state index in [1.165, 1.54) is 11.3 Å². The first-order chi connectivity index (χ1) is 13.6. The van der Waals surface area contributed by atoms with Gasteiger partial charge in [-0.2, -0.15) is 0 Å². The zero-order valence-corrected chi connectivity index (χ0v) is 16.7. The van der Waals surface area contributed by atoms with Gasteiger partial charge in [0, 0.05) is 62.4 Å². The zero-order valence-electron chi connectivity index (χ0n) is 16.7. The fraction of sp³-hybridized carbons (Fsp3) is 0.500. The Balaban J connectivity index is 1.35. The molecule has 1 amide bonds. The van der Waals surface area contributed by atoms with Crippen LogP contribution in [-0.4, -0.2) is 59.5 Å². The van der Waals surface area contributed by atoms with Crippen molar-refractivity contribution >= 4 is 5.91 Å². The normalized spacial score (nSPS) is 19.5. The molecule has 0 spiro atoms. The molecule has 2 aliphatic rings. The van der Waals surface area contributed by atoms with Gasteiger partial charge in [0.15, 0.2) is 0 Å². The van der Waals surface area contributed by atoms with Gasteiger partial charge in [0.1, 0.15) is 11.6 Å². The minimum absolute atomic E-state index is 0.202. The van der Waals surface area contributed by atoms with Crippen molar-refractivity contribution in [1.29, 1.82) is 0 Å². The van der Waals surface area contributed by atoms with E-state index in [-0.39, 0.29) is 11.8 Å². The topological polar surface area (TPSA) is 58.6 Å². The second-order valence-electron chi connectivity index (χ2n) is 7.83. The number of hydrogen-bond acceptors (Lipinski definition) is 5. The van der Waals surface area contributed by atoms with E-state index in [2.05, 4.69) is 16.9 Å². The van der Waals surface area contributed by atoms with Gasteiger partial charge in [0.2, 0.25) is 5.91 Å². The number of nitrogens with zero attached hydrogens (tertiary/aromatic N) is 4. The highest BCUT2D eigenvalue weighted by Gasteiger charge is 2.29. The molecule has 148 valence electrons. The van der Waals surface area contributed by atoms with Gasteiger partial charge in [-0.05, 0) is 31.5 Å². The van der Waals surface area contributed by atoms with Crippen molar-refractivity contribution in [1.82, 2.24) is 19.8 Å². The summed E-state index contributed by atoms with van der Waals surface area (Å²) in [6, 6.07) is 7.90. The first-order valence-corrected chi connectivity index (χ1v) is 10.1. The van der Waals surface area contributed by atoms with Crippen LogP contribution in [0.3, 0.4) is 0 Å². The lowest BCUT2D eigenvalue weighted by Crippen LogP contribution is -2.29. The number of methoxy groups -OCH3 is 1. The molecule has 2 aromatic rings. The van der Waals surface area contributed by atoms with Crippen molar-refractivity contribution in [2.45, 2.75) is 38.1 Å². The van der Waals surface area contributed by atoms with Gasteiger partial charge in [0.05, 0.1) is 7.11 Å². The highest BCUT2D eigenvalue weighted by atomic mass is 16.5. The van der Waals surface area contributed by atoms with Gasteiger partial charge in [-0.1, -0.05) is 18.2 Å². The van der Waals surface area contributed by atoms with E-state index in [9.17, 15) is 4.79 Å². The molecule has 0 radical (unpaired) electrons. The molecular formula is C22H28N4O2. The number of aromatic nitrogens is 2. The molecule has 4 rings (SSSR count). The van der Waals surface area contributed by atoms with Gasteiger partial charge in [0.25, 0.3) is 0 Å². The van der Waals surface area contributed by atoms with Crippen molar-refractivity contribution < 1.29 is 9.53 Å². The van der Waals surface area contributed by atoms with Gasteiger partial charge in [-0.15, -0.1) is 0 Å². The number of fused-ring (bicyclic) bond motifs is 1. The van der Waals surface area contributed by atoms with Crippen LogP contribution in [0.2, 0.25) is 0 Å². The Labute approximate surface area is 166 Å². The van der Waals surface area contributed by atoms with Crippen molar-refractivity contribution in [2.75, 3.05) is 33.8 Å². The van der Waals surface area contributed by atoms with Crippen LogP contribution in [0.5, 0.6) is 5.75 Å². The minimum atomic E-state index is 0.202. The number of para-hydroxylation sites is 1. The third-order valence-electron chi connectivity index (χ3n) is 5.85. The molecule has 1 aromatic carbocycles. The second-order valence-corrected chi connectivity index (χ2v) is 7.83. The number of rotatable bonds is 5. The Morgan fingerprint density at radius 2 is 2.14 bits per heavy atom. The summed E-state index contributed by atoms with van der Waals surface area (Å²) in [4.78, 5) is 26.4. The molecule has 0 N–H and O–H groups in total. The average molecular weight is 380 g/mol. The van der Waals surface area contributed by atoms with E-state index in [1.54, 1.807) is 7.11 Å². The Morgan fingerprint density at radius 3 is 3.00 bits per heavy atom. The Hall–Kier alpha value is -2.47. The maximum atomic E-state index is 12.7. The van der Waals surface area contributed by atoms with Crippen LogP contribution >= 0.6 is 0 Å². The summed E-state index contributed by atoms with van der Waals surface area (Å²) >= 11 is 0. The molecule has 1 saturated heterocycles. The number of benzene rings is 1.